The molecule has 0 aliphatic rings. The molecule has 0 aliphatic carbocycles. The maximum atomic E-state index is 13.3. The highest BCUT2D eigenvalue weighted by atomic mass is 19.3. The number of rotatable bonds is 6. The van der Waals surface area contributed by atoms with Crippen LogP contribution in [-0.2, 0) is 14.3 Å². The number of carbonyl (C=O) groups excluding carboxylic acids is 1. The Bertz CT molecular complexity index is 209. The zero-order valence-electron chi connectivity index (χ0n) is 8.93. The molecule has 0 rings (SSSR count). The van der Waals surface area contributed by atoms with Crippen LogP contribution < -0.4 is 0 Å². The van der Waals surface area contributed by atoms with Crippen molar-refractivity contribution in [1.82, 2.24) is 0 Å². The summed E-state index contributed by atoms with van der Waals surface area (Å²) in [5.41, 5.74) is 0. The Morgan fingerprint density at radius 1 is 1.40 bits per heavy atom. The van der Waals surface area contributed by atoms with E-state index < -0.39 is 24.2 Å². The summed E-state index contributed by atoms with van der Waals surface area (Å²) in [6, 6.07) is 0. The number of halogens is 3. The molecule has 0 heterocycles. The van der Waals surface area contributed by atoms with Gasteiger partial charge in [0.15, 0.2) is 0 Å². The normalized spacial score (nSPS) is 15.9. The minimum atomic E-state index is -3.86. The Morgan fingerprint density at radius 2 is 1.93 bits per heavy atom. The molecule has 6 heteroatoms. The summed E-state index contributed by atoms with van der Waals surface area (Å²) in [6.45, 7) is 1.66. The molecule has 0 bridgehead atoms. The van der Waals surface area contributed by atoms with Crippen molar-refractivity contribution in [2.75, 3.05) is 14.2 Å². The van der Waals surface area contributed by atoms with Gasteiger partial charge in [0.25, 0.3) is 6.17 Å². The predicted molar refractivity (Wildman–Crippen MR) is 47.6 cm³/mol. The van der Waals surface area contributed by atoms with E-state index in [1.165, 1.54) is 0 Å². The molecule has 0 saturated carbocycles. The van der Waals surface area contributed by atoms with Crippen LogP contribution in [0.5, 0.6) is 0 Å². The van der Waals surface area contributed by atoms with E-state index in [9.17, 15) is 18.0 Å². The molecule has 0 aromatic rings. The van der Waals surface area contributed by atoms with Gasteiger partial charge in [0, 0.05) is 7.11 Å². The lowest BCUT2D eigenvalue weighted by atomic mass is 10.0. The number of alkyl halides is 3. The minimum Gasteiger partial charge on any atom is -0.467 e. The third-order valence-corrected chi connectivity index (χ3v) is 2.01. The first-order valence-corrected chi connectivity index (χ1v) is 4.54. The van der Waals surface area contributed by atoms with Gasteiger partial charge in [0.05, 0.1) is 7.11 Å². The molecule has 0 fully saturated rings. The smallest absolute Gasteiger partial charge is 0.347 e. The molecule has 0 aliphatic heterocycles. The lowest BCUT2D eigenvalue weighted by Gasteiger charge is -2.26. The van der Waals surface area contributed by atoms with Gasteiger partial charge < -0.3 is 9.47 Å². The Balaban J connectivity index is 4.67. The standard InChI is InChI=1S/C9H15F3O3/c1-4-5-6(14-2)9(11,12)7(10)8(13)15-3/h6-7H,4-5H2,1-3H3. The van der Waals surface area contributed by atoms with E-state index in [2.05, 4.69) is 9.47 Å². The third kappa shape index (κ3) is 3.37. The van der Waals surface area contributed by atoms with Crippen molar-refractivity contribution in [2.24, 2.45) is 0 Å². The molecule has 0 radical (unpaired) electrons. The number of ether oxygens (including phenoxy) is 2. The third-order valence-electron chi connectivity index (χ3n) is 2.01. The summed E-state index contributed by atoms with van der Waals surface area (Å²) in [4.78, 5) is 10.7. The van der Waals surface area contributed by atoms with E-state index in [0.717, 1.165) is 14.2 Å². The van der Waals surface area contributed by atoms with Crippen LogP contribution in [0.25, 0.3) is 0 Å². The highest BCUT2D eigenvalue weighted by molar-refractivity contribution is 5.75. The Morgan fingerprint density at radius 3 is 2.27 bits per heavy atom. The van der Waals surface area contributed by atoms with Crippen LogP contribution in [0, 0.1) is 0 Å². The van der Waals surface area contributed by atoms with E-state index in [1.807, 2.05) is 0 Å². The largest absolute Gasteiger partial charge is 0.467 e. The van der Waals surface area contributed by atoms with Crippen LogP contribution in [0.4, 0.5) is 13.2 Å². The number of esters is 1. The Labute approximate surface area is 86.5 Å². The van der Waals surface area contributed by atoms with Crippen LogP contribution in [0.2, 0.25) is 0 Å². The Kier molecular flexibility index (Phi) is 5.64. The predicted octanol–water partition coefficient (Wildman–Crippen LogP) is 1.95. The van der Waals surface area contributed by atoms with Gasteiger partial charge in [-0.25, -0.2) is 9.18 Å². The fourth-order valence-corrected chi connectivity index (χ4v) is 1.15. The molecule has 2 unspecified atom stereocenters. The Hall–Kier alpha value is -0.780. The molecule has 0 aromatic carbocycles. The van der Waals surface area contributed by atoms with Crippen molar-refractivity contribution >= 4 is 5.97 Å². The monoisotopic (exact) mass is 228 g/mol. The van der Waals surface area contributed by atoms with Gasteiger partial charge in [-0.15, -0.1) is 0 Å². The average molecular weight is 228 g/mol. The van der Waals surface area contributed by atoms with Crippen LogP contribution in [0.1, 0.15) is 19.8 Å². The molecule has 0 aromatic heterocycles. The van der Waals surface area contributed by atoms with Gasteiger partial charge in [0.1, 0.15) is 6.10 Å². The number of hydrogen-bond donors (Lipinski definition) is 0. The summed E-state index contributed by atoms with van der Waals surface area (Å²) in [6.07, 6.45) is -4.22. The maximum Gasteiger partial charge on any atom is 0.347 e. The number of hydrogen-bond acceptors (Lipinski definition) is 3. The molecule has 2 atom stereocenters. The van der Waals surface area contributed by atoms with Gasteiger partial charge in [-0.3, -0.25) is 0 Å². The van der Waals surface area contributed by atoms with Crippen LogP contribution in [0.15, 0.2) is 0 Å². The fraction of sp³-hybridized carbons (Fsp3) is 0.889. The van der Waals surface area contributed by atoms with E-state index in [4.69, 9.17) is 0 Å². The first-order chi connectivity index (χ1) is 6.91. The zero-order chi connectivity index (χ0) is 12.1. The van der Waals surface area contributed by atoms with Crippen molar-refractivity contribution in [1.29, 1.82) is 0 Å². The second-order valence-corrected chi connectivity index (χ2v) is 3.07. The van der Waals surface area contributed by atoms with E-state index in [0.29, 0.717) is 6.42 Å². The lowest BCUT2D eigenvalue weighted by Crippen LogP contribution is -2.47. The van der Waals surface area contributed by atoms with Crippen molar-refractivity contribution in [3.05, 3.63) is 0 Å². The second kappa shape index (κ2) is 5.95. The second-order valence-electron chi connectivity index (χ2n) is 3.07. The first kappa shape index (κ1) is 14.2. The SMILES string of the molecule is CCCC(OC)C(F)(F)C(F)C(=O)OC. The van der Waals surface area contributed by atoms with E-state index in [-0.39, 0.29) is 6.42 Å². The number of carbonyl (C=O) groups is 1. The van der Waals surface area contributed by atoms with Gasteiger partial charge in [-0.1, -0.05) is 13.3 Å². The molecular formula is C9H15F3O3. The molecular weight excluding hydrogens is 213 g/mol. The summed E-state index contributed by atoms with van der Waals surface area (Å²) in [7, 11) is 1.91. The van der Waals surface area contributed by atoms with Crippen LogP contribution in [0.3, 0.4) is 0 Å². The van der Waals surface area contributed by atoms with Crippen molar-refractivity contribution in [3.8, 4) is 0 Å². The first-order valence-electron chi connectivity index (χ1n) is 4.54. The van der Waals surface area contributed by atoms with Gasteiger partial charge >= 0.3 is 11.9 Å². The molecule has 0 saturated heterocycles. The highest BCUT2D eigenvalue weighted by Gasteiger charge is 2.52. The quantitative estimate of drug-likeness (QED) is 0.652. The maximum absolute atomic E-state index is 13.3. The van der Waals surface area contributed by atoms with Crippen LogP contribution in [-0.4, -0.2) is 38.4 Å². The van der Waals surface area contributed by atoms with Gasteiger partial charge in [0.2, 0.25) is 0 Å². The molecule has 0 spiro atoms. The zero-order valence-corrected chi connectivity index (χ0v) is 8.93. The van der Waals surface area contributed by atoms with E-state index in [1.54, 1.807) is 6.92 Å². The molecule has 0 amide bonds. The minimum absolute atomic E-state index is 0.0269. The summed E-state index contributed by atoms with van der Waals surface area (Å²) >= 11 is 0. The fourth-order valence-electron chi connectivity index (χ4n) is 1.15. The molecule has 0 N–H and O–H groups in total. The highest BCUT2D eigenvalue weighted by Crippen LogP contribution is 2.30. The molecule has 90 valence electrons. The van der Waals surface area contributed by atoms with Crippen molar-refractivity contribution in [3.63, 3.8) is 0 Å². The average Bonchev–Trinajstić information content (AvgIpc) is 2.23. The van der Waals surface area contributed by atoms with Gasteiger partial charge in [-0.2, -0.15) is 8.78 Å². The molecule has 3 nitrogen and oxygen atoms in total. The summed E-state index contributed by atoms with van der Waals surface area (Å²) in [5.74, 6) is -5.45. The summed E-state index contributed by atoms with van der Waals surface area (Å²) in [5, 5.41) is 0. The summed E-state index contributed by atoms with van der Waals surface area (Å²) < 4.78 is 48.0. The topological polar surface area (TPSA) is 35.5 Å². The lowest BCUT2D eigenvalue weighted by molar-refractivity contribution is -0.189. The van der Waals surface area contributed by atoms with Crippen molar-refractivity contribution in [2.45, 2.75) is 38.0 Å². The van der Waals surface area contributed by atoms with E-state index >= 15 is 0 Å². The van der Waals surface area contributed by atoms with Crippen LogP contribution >= 0.6 is 0 Å². The number of methoxy groups -OCH3 is 2. The van der Waals surface area contributed by atoms with Gasteiger partial charge in [-0.05, 0) is 6.42 Å². The van der Waals surface area contributed by atoms with Crippen molar-refractivity contribution < 1.29 is 27.4 Å². The molecule has 15 heavy (non-hydrogen) atoms.